The van der Waals surface area contributed by atoms with Crippen LogP contribution in [-0.4, -0.2) is 6.72 Å². The summed E-state index contributed by atoms with van der Waals surface area (Å²) >= 11 is 0. The molecule has 0 rings (SSSR count). The van der Waals surface area contributed by atoms with Gasteiger partial charge in [-0.2, -0.15) is 0 Å². The molecule has 1 nitrogen and oxygen atoms in total. The molecule has 44 valence electrons. The van der Waals surface area contributed by atoms with Gasteiger partial charge in [-0.3, -0.25) is 4.99 Å². The maximum Gasteiger partial charge on any atom is 0.0367 e. The first-order valence-corrected chi connectivity index (χ1v) is 2.47. The molecule has 0 bridgehead atoms. The SMILES string of the molecule is C=NC(C)=CC(=C)C. The highest BCUT2D eigenvalue weighted by molar-refractivity contribution is 5.30. The lowest BCUT2D eigenvalue weighted by Gasteiger charge is -1.87. The molecule has 0 unspecified atom stereocenters. The zero-order valence-corrected chi connectivity index (χ0v) is 5.44. The predicted octanol–water partition coefficient (Wildman–Crippen LogP) is 2.17. The predicted molar refractivity (Wildman–Crippen MR) is 38.1 cm³/mol. The van der Waals surface area contributed by atoms with Crippen LogP contribution in [0.1, 0.15) is 13.8 Å². The van der Waals surface area contributed by atoms with Gasteiger partial charge in [0.25, 0.3) is 0 Å². The molecule has 0 aliphatic rings. The molecule has 8 heavy (non-hydrogen) atoms. The Hall–Kier alpha value is -0.850. The number of allylic oxidation sites excluding steroid dienone is 3. The van der Waals surface area contributed by atoms with Gasteiger partial charge in [-0.25, -0.2) is 0 Å². The molecule has 0 saturated carbocycles. The maximum absolute atomic E-state index is 3.68. The van der Waals surface area contributed by atoms with Crippen molar-refractivity contribution in [3.63, 3.8) is 0 Å². The van der Waals surface area contributed by atoms with E-state index in [0.717, 1.165) is 11.3 Å². The Morgan fingerprint density at radius 1 is 1.50 bits per heavy atom. The molecule has 0 radical (unpaired) electrons. The van der Waals surface area contributed by atoms with Gasteiger partial charge in [0, 0.05) is 5.70 Å². The summed E-state index contributed by atoms with van der Waals surface area (Å²) in [7, 11) is 0. The molecule has 0 amide bonds. The molecular formula is C7H11N. The molecule has 0 spiro atoms. The van der Waals surface area contributed by atoms with Crippen LogP contribution in [-0.2, 0) is 0 Å². The molecule has 0 aromatic heterocycles. The first-order chi connectivity index (χ1) is 3.66. The van der Waals surface area contributed by atoms with Crippen LogP contribution >= 0.6 is 0 Å². The minimum atomic E-state index is 0.914. The van der Waals surface area contributed by atoms with Crippen molar-refractivity contribution in [2.75, 3.05) is 0 Å². The fourth-order valence-electron chi connectivity index (χ4n) is 0.402. The van der Waals surface area contributed by atoms with Crippen molar-refractivity contribution in [2.45, 2.75) is 13.8 Å². The standard InChI is InChI=1S/C7H11N/c1-6(2)5-7(3)8-4/h5H,1,4H2,2-3H3. The maximum atomic E-state index is 3.68. The van der Waals surface area contributed by atoms with Gasteiger partial charge in [-0.15, -0.1) is 0 Å². The zero-order chi connectivity index (χ0) is 6.57. The van der Waals surface area contributed by atoms with Crippen molar-refractivity contribution in [3.8, 4) is 0 Å². The van der Waals surface area contributed by atoms with Gasteiger partial charge in [-0.1, -0.05) is 12.2 Å². The lowest BCUT2D eigenvalue weighted by molar-refractivity contribution is 1.30. The number of nitrogens with zero attached hydrogens (tertiary/aromatic N) is 1. The van der Waals surface area contributed by atoms with Crippen LogP contribution in [0, 0.1) is 0 Å². The Kier molecular flexibility index (Phi) is 2.85. The van der Waals surface area contributed by atoms with E-state index >= 15 is 0 Å². The Labute approximate surface area is 50.4 Å². The number of hydrogen-bond acceptors (Lipinski definition) is 1. The molecule has 0 fully saturated rings. The van der Waals surface area contributed by atoms with Crippen LogP contribution < -0.4 is 0 Å². The van der Waals surface area contributed by atoms with Crippen LogP contribution in [0.2, 0.25) is 0 Å². The van der Waals surface area contributed by atoms with E-state index in [0.29, 0.717) is 0 Å². The topological polar surface area (TPSA) is 12.4 Å². The van der Waals surface area contributed by atoms with Crippen LogP contribution in [0.15, 0.2) is 28.9 Å². The highest BCUT2D eigenvalue weighted by Gasteiger charge is 1.78. The zero-order valence-electron chi connectivity index (χ0n) is 5.44. The van der Waals surface area contributed by atoms with Gasteiger partial charge in [-0.05, 0) is 26.6 Å². The third kappa shape index (κ3) is 3.34. The lowest BCUT2D eigenvalue weighted by Crippen LogP contribution is -1.67. The van der Waals surface area contributed by atoms with Gasteiger partial charge < -0.3 is 0 Å². The molecule has 0 aliphatic heterocycles. The van der Waals surface area contributed by atoms with Crippen molar-refractivity contribution < 1.29 is 0 Å². The third-order valence-electron chi connectivity index (χ3n) is 0.705. The van der Waals surface area contributed by atoms with E-state index in [2.05, 4.69) is 18.3 Å². The average Bonchev–Trinajstić information content (AvgIpc) is 1.65. The van der Waals surface area contributed by atoms with E-state index in [9.17, 15) is 0 Å². The second kappa shape index (κ2) is 3.19. The second-order valence-corrected chi connectivity index (χ2v) is 1.79. The molecule has 0 N–H and O–H groups in total. The number of aliphatic imine (C=N–C) groups is 1. The molecule has 0 atom stereocenters. The van der Waals surface area contributed by atoms with Crippen molar-refractivity contribution in [3.05, 3.63) is 23.9 Å². The Morgan fingerprint density at radius 2 is 2.00 bits per heavy atom. The highest BCUT2D eigenvalue weighted by atomic mass is 14.7. The van der Waals surface area contributed by atoms with Gasteiger partial charge >= 0.3 is 0 Å². The highest BCUT2D eigenvalue weighted by Crippen LogP contribution is 1.97. The van der Waals surface area contributed by atoms with E-state index in [1.165, 1.54) is 0 Å². The average molecular weight is 109 g/mol. The monoisotopic (exact) mass is 109 g/mol. The normalized spacial score (nSPS) is 11.0. The second-order valence-electron chi connectivity index (χ2n) is 1.79. The largest absolute Gasteiger partial charge is 0.269 e. The summed E-state index contributed by atoms with van der Waals surface area (Å²) in [5.41, 5.74) is 1.92. The van der Waals surface area contributed by atoms with E-state index in [4.69, 9.17) is 0 Å². The quantitative estimate of drug-likeness (QED) is 0.380. The summed E-state index contributed by atoms with van der Waals surface area (Å²) in [5, 5.41) is 0. The summed E-state index contributed by atoms with van der Waals surface area (Å²) in [6.45, 7) is 10.8. The van der Waals surface area contributed by atoms with E-state index in [1.54, 1.807) is 0 Å². The molecule has 0 aromatic carbocycles. The first kappa shape index (κ1) is 7.15. The number of rotatable bonds is 2. The summed E-state index contributed by atoms with van der Waals surface area (Å²) in [5.74, 6) is 0. The fraction of sp³-hybridized carbons (Fsp3) is 0.286. The smallest absolute Gasteiger partial charge is 0.0367 e. The van der Waals surface area contributed by atoms with Gasteiger partial charge in [0.2, 0.25) is 0 Å². The Balaban J connectivity index is 3.94. The molecule has 1 heteroatoms. The molecule has 0 heterocycles. The van der Waals surface area contributed by atoms with Gasteiger partial charge in [0.05, 0.1) is 0 Å². The van der Waals surface area contributed by atoms with E-state index in [1.807, 2.05) is 19.9 Å². The summed E-state index contributed by atoms with van der Waals surface area (Å²) in [6.07, 6.45) is 1.88. The van der Waals surface area contributed by atoms with Crippen molar-refractivity contribution in [1.29, 1.82) is 0 Å². The van der Waals surface area contributed by atoms with Crippen LogP contribution in [0.25, 0.3) is 0 Å². The minimum Gasteiger partial charge on any atom is -0.269 e. The molecular weight excluding hydrogens is 98.1 g/mol. The van der Waals surface area contributed by atoms with Crippen LogP contribution in [0.3, 0.4) is 0 Å². The van der Waals surface area contributed by atoms with Crippen molar-refractivity contribution >= 4 is 6.72 Å². The van der Waals surface area contributed by atoms with E-state index in [-0.39, 0.29) is 0 Å². The van der Waals surface area contributed by atoms with Gasteiger partial charge in [0.15, 0.2) is 0 Å². The summed E-state index contributed by atoms with van der Waals surface area (Å²) < 4.78 is 0. The van der Waals surface area contributed by atoms with Crippen LogP contribution in [0.5, 0.6) is 0 Å². The third-order valence-corrected chi connectivity index (χ3v) is 0.705. The minimum absolute atomic E-state index is 0.914. The lowest BCUT2D eigenvalue weighted by atomic mass is 10.3. The number of hydrogen-bond donors (Lipinski definition) is 0. The van der Waals surface area contributed by atoms with Crippen molar-refractivity contribution in [2.24, 2.45) is 4.99 Å². The molecule has 0 saturated heterocycles. The Bertz CT molecular complexity index is 131. The summed E-state index contributed by atoms with van der Waals surface area (Å²) in [6, 6.07) is 0. The molecule has 0 aromatic rings. The first-order valence-electron chi connectivity index (χ1n) is 2.47. The molecule has 0 aliphatic carbocycles. The van der Waals surface area contributed by atoms with E-state index < -0.39 is 0 Å². The fourth-order valence-corrected chi connectivity index (χ4v) is 0.402. The van der Waals surface area contributed by atoms with Crippen molar-refractivity contribution in [1.82, 2.24) is 0 Å². The van der Waals surface area contributed by atoms with Gasteiger partial charge in [0.1, 0.15) is 0 Å². The summed E-state index contributed by atoms with van der Waals surface area (Å²) in [4.78, 5) is 3.68. The Morgan fingerprint density at radius 3 is 2.12 bits per heavy atom. The van der Waals surface area contributed by atoms with Crippen LogP contribution in [0.4, 0.5) is 0 Å².